The number of nitrogens with one attached hydrogen (secondary N) is 1. The van der Waals surface area contributed by atoms with Gasteiger partial charge in [-0.25, -0.2) is 0 Å². The van der Waals surface area contributed by atoms with Crippen molar-refractivity contribution in [3.8, 4) is 11.5 Å². The third kappa shape index (κ3) is 3.81. The van der Waals surface area contributed by atoms with Gasteiger partial charge in [0, 0.05) is 29.3 Å². The van der Waals surface area contributed by atoms with Gasteiger partial charge in [-0.2, -0.15) is 0 Å². The average molecular weight is 320 g/mol. The standard InChI is InChI=1S/C19H32N2O2/c1-6-9-16-18-15(10-11-20-16)19(23-5)14(12-17(18)22-4)13-21(7-2)8-3/h12,16,20H,6-11,13H2,1-5H3. The van der Waals surface area contributed by atoms with Crippen LogP contribution in [0.4, 0.5) is 0 Å². The Morgan fingerprint density at radius 2 is 1.91 bits per heavy atom. The van der Waals surface area contributed by atoms with Gasteiger partial charge in [0.15, 0.2) is 0 Å². The second kappa shape index (κ2) is 8.55. The van der Waals surface area contributed by atoms with Crippen LogP contribution >= 0.6 is 0 Å². The van der Waals surface area contributed by atoms with Crippen molar-refractivity contribution in [3.63, 3.8) is 0 Å². The van der Waals surface area contributed by atoms with E-state index in [0.29, 0.717) is 6.04 Å². The fraction of sp³-hybridized carbons (Fsp3) is 0.684. The summed E-state index contributed by atoms with van der Waals surface area (Å²) in [5, 5.41) is 3.64. The van der Waals surface area contributed by atoms with Gasteiger partial charge in [-0.3, -0.25) is 4.90 Å². The third-order valence-corrected chi connectivity index (χ3v) is 4.87. The molecule has 1 atom stereocenters. The Morgan fingerprint density at radius 1 is 1.17 bits per heavy atom. The monoisotopic (exact) mass is 320 g/mol. The molecule has 0 saturated heterocycles. The summed E-state index contributed by atoms with van der Waals surface area (Å²) in [6.45, 7) is 10.6. The first-order valence-corrected chi connectivity index (χ1v) is 8.92. The summed E-state index contributed by atoms with van der Waals surface area (Å²) >= 11 is 0. The van der Waals surface area contributed by atoms with E-state index in [-0.39, 0.29) is 0 Å². The van der Waals surface area contributed by atoms with Crippen LogP contribution in [0.15, 0.2) is 6.07 Å². The molecule has 0 amide bonds. The molecular weight excluding hydrogens is 288 g/mol. The molecule has 1 aromatic carbocycles. The predicted octanol–water partition coefficient (Wildman–Crippen LogP) is 3.53. The van der Waals surface area contributed by atoms with E-state index in [1.54, 1.807) is 14.2 Å². The van der Waals surface area contributed by atoms with E-state index >= 15 is 0 Å². The van der Waals surface area contributed by atoms with E-state index < -0.39 is 0 Å². The normalized spacial score (nSPS) is 17.2. The van der Waals surface area contributed by atoms with Crippen molar-refractivity contribution in [1.29, 1.82) is 0 Å². The van der Waals surface area contributed by atoms with Gasteiger partial charge >= 0.3 is 0 Å². The van der Waals surface area contributed by atoms with Crippen LogP contribution in [0.25, 0.3) is 0 Å². The first-order chi connectivity index (χ1) is 11.2. The first kappa shape index (κ1) is 18.1. The van der Waals surface area contributed by atoms with Crippen LogP contribution in [-0.2, 0) is 13.0 Å². The van der Waals surface area contributed by atoms with E-state index in [1.807, 2.05) is 0 Å². The zero-order valence-electron chi connectivity index (χ0n) is 15.4. The van der Waals surface area contributed by atoms with Crippen LogP contribution < -0.4 is 14.8 Å². The van der Waals surface area contributed by atoms with Crippen molar-refractivity contribution in [2.45, 2.75) is 52.6 Å². The average Bonchev–Trinajstić information content (AvgIpc) is 2.59. The molecule has 0 bridgehead atoms. The molecule has 1 aromatic rings. The highest BCUT2D eigenvalue weighted by molar-refractivity contribution is 5.56. The van der Waals surface area contributed by atoms with Gasteiger partial charge in [0.25, 0.3) is 0 Å². The molecule has 1 aliphatic heterocycles. The van der Waals surface area contributed by atoms with Gasteiger partial charge in [-0.05, 0) is 38.5 Å². The van der Waals surface area contributed by atoms with Crippen molar-refractivity contribution in [1.82, 2.24) is 10.2 Å². The second-order valence-electron chi connectivity index (χ2n) is 6.17. The van der Waals surface area contributed by atoms with Crippen LogP contribution in [0.3, 0.4) is 0 Å². The number of ether oxygens (including phenoxy) is 2. The summed E-state index contributed by atoms with van der Waals surface area (Å²) in [7, 11) is 3.57. The SMILES string of the molecule is CCCC1NCCc2c(OC)c(CN(CC)CC)cc(OC)c21. The quantitative estimate of drug-likeness (QED) is 0.794. The maximum absolute atomic E-state index is 5.85. The summed E-state index contributed by atoms with van der Waals surface area (Å²) in [6, 6.07) is 2.56. The molecule has 0 spiro atoms. The first-order valence-electron chi connectivity index (χ1n) is 8.92. The van der Waals surface area contributed by atoms with E-state index in [9.17, 15) is 0 Å². The molecule has 0 saturated carbocycles. The van der Waals surface area contributed by atoms with Gasteiger partial charge in [0.1, 0.15) is 11.5 Å². The van der Waals surface area contributed by atoms with Crippen molar-refractivity contribution in [3.05, 3.63) is 22.8 Å². The van der Waals surface area contributed by atoms with Crippen LogP contribution in [-0.4, -0.2) is 38.8 Å². The zero-order chi connectivity index (χ0) is 16.8. The zero-order valence-corrected chi connectivity index (χ0v) is 15.4. The lowest BCUT2D eigenvalue weighted by Gasteiger charge is -2.31. The second-order valence-corrected chi connectivity index (χ2v) is 6.17. The summed E-state index contributed by atoms with van der Waals surface area (Å²) in [4.78, 5) is 2.41. The van der Waals surface area contributed by atoms with Gasteiger partial charge in [0.2, 0.25) is 0 Å². The van der Waals surface area contributed by atoms with Gasteiger partial charge < -0.3 is 14.8 Å². The van der Waals surface area contributed by atoms with E-state index in [0.717, 1.165) is 56.9 Å². The Labute approximate surface area is 141 Å². The summed E-state index contributed by atoms with van der Waals surface area (Å²) in [6.07, 6.45) is 3.28. The minimum Gasteiger partial charge on any atom is -0.496 e. The molecule has 0 aliphatic carbocycles. The minimum absolute atomic E-state index is 0.370. The maximum Gasteiger partial charge on any atom is 0.127 e. The highest BCUT2D eigenvalue weighted by Crippen LogP contribution is 2.42. The molecular formula is C19H32N2O2. The number of hydrogen-bond donors (Lipinski definition) is 1. The topological polar surface area (TPSA) is 33.7 Å². The molecule has 0 fully saturated rings. The Bertz CT molecular complexity index is 513. The number of methoxy groups -OCH3 is 2. The summed E-state index contributed by atoms with van der Waals surface area (Å²) in [5.74, 6) is 2.07. The molecule has 1 N–H and O–H groups in total. The lowest BCUT2D eigenvalue weighted by atomic mass is 9.88. The number of rotatable bonds is 8. The molecule has 0 radical (unpaired) electrons. The molecule has 130 valence electrons. The van der Waals surface area contributed by atoms with Crippen LogP contribution in [0.2, 0.25) is 0 Å². The molecule has 1 unspecified atom stereocenters. The maximum atomic E-state index is 5.85. The van der Waals surface area contributed by atoms with E-state index in [1.165, 1.54) is 16.7 Å². The number of benzene rings is 1. The van der Waals surface area contributed by atoms with Gasteiger partial charge in [-0.1, -0.05) is 27.2 Å². The van der Waals surface area contributed by atoms with E-state index in [2.05, 4.69) is 37.1 Å². The van der Waals surface area contributed by atoms with Crippen LogP contribution in [0, 0.1) is 0 Å². The van der Waals surface area contributed by atoms with Crippen LogP contribution in [0.1, 0.15) is 56.3 Å². The summed E-state index contributed by atoms with van der Waals surface area (Å²) in [5.41, 5.74) is 3.89. The van der Waals surface area contributed by atoms with Gasteiger partial charge in [0.05, 0.1) is 14.2 Å². The lowest BCUT2D eigenvalue weighted by Crippen LogP contribution is -2.31. The number of hydrogen-bond acceptors (Lipinski definition) is 4. The largest absolute Gasteiger partial charge is 0.496 e. The fourth-order valence-electron chi connectivity index (χ4n) is 3.63. The molecule has 1 aliphatic rings. The molecule has 0 aromatic heterocycles. The van der Waals surface area contributed by atoms with Crippen molar-refractivity contribution < 1.29 is 9.47 Å². The third-order valence-electron chi connectivity index (χ3n) is 4.87. The molecule has 1 heterocycles. The Balaban J connectivity index is 2.50. The summed E-state index contributed by atoms with van der Waals surface area (Å²) < 4.78 is 11.6. The Hall–Kier alpha value is -1.26. The lowest BCUT2D eigenvalue weighted by molar-refractivity contribution is 0.286. The van der Waals surface area contributed by atoms with Crippen LogP contribution in [0.5, 0.6) is 11.5 Å². The predicted molar refractivity (Wildman–Crippen MR) is 95.5 cm³/mol. The Kier molecular flexibility index (Phi) is 6.72. The molecule has 23 heavy (non-hydrogen) atoms. The fourth-order valence-corrected chi connectivity index (χ4v) is 3.63. The smallest absolute Gasteiger partial charge is 0.127 e. The van der Waals surface area contributed by atoms with Gasteiger partial charge in [-0.15, -0.1) is 0 Å². The van der Waals surface area contributed by atoms with E-state index in [4.69, 9.17) is 9.47 Å². The van der Waals surface area contributed by atoms with Crippen molar-refractivity contribution >= 4 is 0 Å². The highest BCUT2D eigenvalue weighted by Gasteiger charge is 2.28. The highest BCUT2D eigenvalue weighted by atomic mass is 16.5. The molecule has 4 heteroatoms. The number of nitrogens with zero attached hydrogens (tertiary/aromatic N) is 1. The van der Waals surface area contributed by atoms with Crippen molar-refractivity contribution in [2.75, 3.05) is 33.9 Å². The van der Waals surface area contributed by atoms with Crippen molar-refractivity contribution in [2.24, 2.45) is 0 Å². The molecule has 4 nitrogen and oxygen atoms in total. The Morgan fingerprint density at radius 3 is 2.48 bits per heavy atom. The number of fused-ring (bicyclic) bond motifs is 1. The minimum atomic E-state index is 0.370. The molecule has 2 rings (SSSR count).